The quantitative estimate of drug-likeness (QED) is 0.451. The van der Waals surface area contributed by atoms with E-state index in [9.17, 15) is 14.4 Å². The van der Waals surface area contributed by atoms with Crippen molar-refractivity contribution in [3.63, 3.8) is 0 Å². The van der Waals surface area contributed by atoms with Crippen molar-refractivity contribution in [2.75, 3.05) is 13.1 Å². The van der Waals surface area contributed by atoms with Crippen LogP contribution in [0.1, 0.15) is 47.9 Å². The fraction of sp³-hybridized carbons (Fsp3) is 0.333. The van der Waals surface area contributed by atoms with Gasteiger partial charge in [0.05, 0.1) is 18.7 Å². The van der Waals surface area contributed by atoms with Gasteiger partial charge in [0.25, 0.3) is 5.91 Å². The van der Waals surface area contributed by atoms with Crippen LogP contribution < -0.4 is 16.4 Å². The van der Waals surface area contributed by atoms with Crippen LogP contribution >= 0.6 is 0 Å². The Bertz CT molecular complexity index is 1090. The highest BCUT2D eigenvalue weighted by atomic mass is 16.2. The molecule has 1 aromatic carbocycles. The number of aromatic nitrogens is 2. The number of hydrogen-bond acceptors (Lipinski definition) is 4. The van der Waals surface area contributed by atoms with Gasteiger partial charge in [-0.15, -0.1) is 0 Å². The van der Waals surface area contributed by atoms with Gasteiger partial charge in [-0.2, -0.15) is 0 Å². The van der Waals surface area contributed by atoms with Gasteiger partial charge in [0.2, 0.25) is 11.8 Å². The van der Waals surface area contributed by atoms with Gasteiger partial charge < -0.3 is 16.4 Å². The maximum absolute atomic E-state index is 13.0. The Hall–Kier alpha value is -3.68. The SMILES string of the molecule is CC(C)CC(CNC(=O)c1cccc2nc(CC(=O)NCC(N)=O)cn12)c1ccccc1. The largest absolute Gasteiger partial charge is 0.368 e. The number of hydrogen-bond donors (Lipinski definition) is 3. The fourth-order valence-electron chi connectivity index (χ4n) is 3.68. The first-order valence-corrected chi connectivity index (χ1v) is 10.7. The van der Waals surface area contributed by atoms with Gasteiger partial charge in [0.15, 0.2) is 0 Å². The lowest BCUT2D eigenvalue weighted by Crippen LogP contribution is -2.34. The number of pyridine rings is 1. The van der Waals surface area contributed by atoms with Crippen LogP contribution in [-0.2, 0) is 16.0 Å². The topological polar surface area (TPSA) is 119 Å². The summed E-state index contributed by atoms with van der Waals surface area (Å²) in [5.41, 5.74) is 7.75. The maximum Gasteiger partial charge on any atom is 0.268 e. The summed E-state index contributed by atoms with van der Waals surface area (Å²) < 4.78 is 1.67. The number of rotatable bonds is 10. The second kappa shape index (κ2) is 10.6. The van der Waals surface area contributed by atoms with Crippen molar-refractivity contribution < 1.29 is 14.4 Å². The Kier molecular flexibility index (Phi) is 7.59. The first-order valence-electron chi connectivity index (χ1n) is 10.7. The maximum atomic E-state index is 13.0. The minimum atomic E-state index is -0.612. The first kappa shape index (κ1) is 23.0. The molecule has 0 aliphatic carbocycles. The Morgan fingerprint density at radius 2 is 1.78 bits per heavy atom. The van der Waals surface area contributed by atoms with E-state index in [-0.39, 0.29) is 30.7 Å². The van der Waals surface area contributed by atoms with Gasteiger partial charge in [0, 0.05) is 18.7 Å². The third kappa shape index (κ3) is 6.16. The summed E-state index contributed by atoms with van der Waals surface area (Å²) in [5.74, 6) is -0.470. The standard InChI is InChI=1S/C24H29N5O3/c1-16(2)11-18(17-7-4-3-5-8-17)13-27-24(32)20-9-6-10-22-28-19(15-29(20)22)12-23(31)26-14-21(25)30/h3-10,15-16,18H,11-14H2,1-2H3,(H2,25,30)(H,26,31)(H,27,32). The average Bonchev–Trinajstić information content (AvgIpc) is 3.17. The number of nitrogens with zero attached hydrogens (tertiary/aromatic N) is 2. The summed E-state index contributed by atoms with van der Waals surface area (Å²) in [6.07, 6.45) is 2.61. The van der Waals surface area contributed by atoms with Crippen LogP contribution in [0, 0.1) is 5.92 Å². The molecule has 0 aliphatic heterocycles. The van der Waals surface area contributed by atoms with Crippen LogP contribution in [0.3, 0.4) is 0 Å². The van der Waals surface area contributed by atoms with Crippen molar-refractivity contribution in [2.45, 2.75) is 32.6 Å². The third-order valence-corrected chi connectivity index (χ3v) is 5.11. The minimum absolute atomic E-state index is 0.0134. The van der Waals surface area contributed by atoms with Crippen molar-refractivity contribution in [1.82, 2.24) is 20.0 Å². The molecule has 8 nitrogen and oxygen atoms in total. The Morgan fingerprint density at radius 1 is 1.03 bits per heavy atom. The number of nitrogens with one attached hydrogen (secondary N) is 2. The lowest BCUT2D eigenvalue weighted by atomic mass is 9.90. The molecule has 168 valence electrons. The molecule has 0 bridgehead atoms. The van der Waals surface area contributed by atoms with Crippen LogP contribution in [0.5, 0.6) is 0 Å². The van der Waals surface area contributed by atoms with E-state index in [0.717, 1.165) is 6.42 Å². The van der Waals surface area contributed by atoms with Gasteiger partial charge in [-0.25, -0.2) is 4.98 Å². The molecule has 0 aliphatic rings. The molecule has 32 heavy (non-hydrogen) atoms. The molecule has 3 rings (SSSR count). The fourth-order valence-corrected chi connectivity index (χ4v) is 3.68. The van der Waals surface area contributed by atoms with E-state index in [0.29, 0.717) is 29.5 Å². The lowest BCUT2D eigenvalue weighted by Gasteiger charge is -2.20. The number of fused-ring (bicyclic) bond motifs is 1. The average molecular weight is 436 g/mol. The van der Waals surface area contributed by atoms with E-state index in [1.54, 1.807) is 28.8 Å². The molecule has 2 aromatic heterocycles. The van der Waals surface area contributed by atoms with Crippen LogP contribution in [0.4, 0.5) is 0 Å². The van der Waals surface area contributed by atoms with Crippen molar-refractivity contribution in [1.29, 1.82) is 0 Å². The molecule has 0 spiro atoms. The summed E-state index contributed by atoms with van der Waals surface area (Å²) in [6, 6.07) is 15.4. The molecule has 1 atom stereocenters. The van der Waals surface area contributed by atoms with E-state index < -0.39 is 5.91 Å². The van der Waals surface area contributed by atoms with Gasteiger partial charge >= 0.3 is 0 Å². The van der Waals surface area contributed by atoms with Crippen molar-refractivity contribution in [2.24, 2.45) is 11.7 Å². The van der Waals surface area contributed by atoms with Crippen molar-refractivity contribution in [3.05, 3.63) is 71.7 Å². The van der Waals surface area contributed by atoms with Crippen LogP contribution in [0.2, 0.25) is 0 Å². The number of amides is 3. The van der Waals surface area contributed by atoms with Gasteiger partial charge in [-0.3, -0.25) is 18.8 Å². The molecule has 8 heteroatoms. The summed E-state index contributed by atoms with van der Waals surface area (Å²) >= 11 is 0. The Morgan fingerprint density at radius 3 is 2.47 bits per heavy atom. The summed E-state index contributed by atoms with van der Waals surface area (Å²) in [7, 11) is 0. The zero-order valence-electron chi connectivity index (χ0n) is 18.4. The zero-order valence-corrected chi connectivity index (χ0v) is 18.4. The molecule has 3 amide bonds. The second-order valence-electron chi connectivity index (χ2n) is 8.24. The number of nitrogens with two attached hydrogens (primary N) is 1. The van der Waals surface area contributed by atoms with E-state index in [1.807, 2.05) is 18.2 Å². The van der Waals surface area contributed by atoms with Crippen LogP contribution in [0.25, 0.3) is 5.65 Å². The molecule has 1 unspecified atom stereocenters. The Balaban J connectivity index is 1.72. The smallest absolute Gasteiger partial charge is 0.268 e. The van der Waals surface area contributed by atoms with Crippen molar-refractivity contribution in [3.8, 4) is 0 Å². The molecular weight excluding hydrogens is 406 g/mol. The van der Waals surface area contributed by atoms with Gasteiger partial charge in [0.1, 0.15) is 11.3 Å². The summed E-state index contributed by atoms with van der Waals surface area (Å²) in [5, 5.41) is 5.49. The van der Waals surface area contributed by atoms with Crippen molar-refractivity contribution >= 4 is 23.4 Å². The predicted molar refractivity (Wildman–Crippen MR) is 122 cm³/mol. The van der Waals surface area contributed by atoms with E-state index in [4.69, 9.17) is 5.73 Å². The number of benzene rings is 1. The number of imidazole rings is 1. The van der Waals surface area contributed by atoms with Gasteiger partial charge in [-0.05, 0) is 30.0 Å². The molecular formula is C24H29N5O3. The molecule has 0 fully saturated rings. The highest BCUT2D eigenvalue weighted by molar-refractivity contribution is 5.93. The highest BCUT2D eigenvalue weighted by Gasteiger charge is 2.17. The molecule has 4 N–H and O–H groups in total. The van der Waals surface area contributed by atoms with Crippen LogP contribution in [-0.4, -0.2) is 40.2 Å². The molecule has 2 heterocycles. The summed E-state index contributed by atoms with van der Waals surface area (Å²) in [4.78, 5) is 40.2. The highest BCUT2D eigenvalue weighted by Crippen LogP contribution is 2.23. The molecule has 0 saturated heterocycles. The van der Waals surface area contributed by atoms with E-state index >= 15 is 0 Å². The Labute approximate surface area is 187 Å². The van der Waals surface area contributed by atoms with E-state index in [1.165, 1.54) is 5.56 Å². The normalized spacial score (nSPS) is 12.0. The van der Waals surface area contributed by atoms with E-state index in [2.05, 4.69) is 41.6 Å². The van der Waals surface area contributed by atoms with Gasteiger partial charge in [-0.1, -0.05) is 50.2 Å². The predicted octanol–water partition coefficient (Wildman–Crippen LogP) is 2.04. The number of carbonyl (C=O) groups excluding carboxylic acids is 3. The number of carbonyl (C=O) groups is 3. The third-order valence-electron chi connectivity index (χ3n) is 5.11. The molecule has 0 saturated carbocycles. The summed E-state index contributed by atoms with van der Waals surface area (Å²) in [6.45, 7) is 4.64. The molecule has 3 aromatic rings. The first-order chi connectivity index (χ1) is 15.3. The zero-order chi connectivity index (χ0) is 23.1. The monoisotopic (exact) mass is 435 g/mol. The number of primary amides is 1. The van der Waals surface area contributed by atoms with Crippen LogP contribution in [0.15, 0.2) is 54.7 Å². The minimum Gasteiger partial charge on any atom is -0.368 e. The lowest BCUT2D eigenvalue weighted by molar-refractivity contribution is -0.124. The second-order valence-corrected chi connectivity index (χ2v) is 8.24. The molecule has 0 radical (unpaired) electrons.